The number of nitrogens with one attached hydrogen (secondary N) is 1. The van der Waals surface area contributed by atoms with E-state index in [1.165, 1.54) is 35.7 Å². The third kappa shape index (κ3) is 5.03. The van der Waals surface area contributed by atoms with Gasteiger partial charge in [-0.2, -0.15) is 9.03 Å². The lowest BCUT2D eigenvalue weighted by Gasteiger charge is -2.20. The van der Waals surface area contributed by atoms with E-state index in [0.717, 1.165) is 0 Å². The summed E-state index contributed by atoms with van der Waals surface area (Å²) in [6, 6.07) is 3.85. The van der Waals surface area contributed by atoms with Crippen LogP contribution in [0.25, 0.3) is 0 Å². The van der Waals surface area contributed by atoms with E-state index < -0.39 is 32.1 Å². The largest absolute Gasteiger partial charge is 0.468 e. The average Bonchev–Trinajstić information content (AvgIpc) is 2.59. The molecule has 0 radical (unpaired) electrons. The molecule has 148 valence electrons. The smallest absolute Gasteiger partial charge is 0.324 e. The van der Waals surface area contributed by atoms with Gasteiger partial charge in [-0.15, -0.1) is 0 Å². The van der Waals surface area contributed by atoms with Crippen molar-refractivity contribution < 1.29 is 26.4 Å². The Bertz CT molecular complexity index is 813. The Kier molecular flexibility index (Phi) is 7.75. The molecule has 0 saturated carbocycles. The number of nitrogens with zero attached hydrogens (tertiary/aromatic N) is 1. The zero-order valence-electron chi connectivity index (χ0n) is 15.6. The highest BCUT2D eigenvalue weighted by Gasteiger charge is 2.29. The van der Waals surface area contributed by atoms with Crippen LogP contribution in [0.4, 0.5) is 0 Å². The summed E-state index contributed by atoms with van der Waals surface area (Å²) in [7, 11) is -6.51. The Morgan fingerprint density at radius 2 is 1.50 bits per heavy atom. The molecule has 1 aromatic carbocycles. The first kappa shape index (κ1) is 22.6. The first-order valence-corrected chi connectivity index (χ1v) is 11.1. The molecular weight excluding hydrogens is 380 g/mol. The lowest BCUT2D eigenvalue weighted by atomic mass is 10.1. The second-order valence-corrected chi connectivity index (χ2v) is 9.58. The molecule has 0 heterocycles. The van der Waals surface area contributed by atoms with Gasteiger partial charge in [0.25, 0.3) is 0 Å². The van der Waals surface area contributed by atoms with E-state index in [9.17, 15) is 21.6 Å². The molecule has 1 atom stereocenters. The minimum Gasteiger partial charge on any atom is -0.468 e. The summed E-state index contributed by atoms with van der Waals surface area (Å²) < 4.78 is 58.1. The summed E-state index contributed by atoms with van der Waals surface area (Å²) in [6.45, 7) is 7.45. The van der Waals surface area contributed by atoms with Crippen molar-refractivity contribution in [1.29, 1.82) is 0 Å². The van der Waals surface area contributed by atoms with Gasteiger partial charge in [0.2, 0.25) is 20.0 Å². The molecule has 10 heteroatoms. The van der Waals surface area contributed by atoms with Gasteiger partial charge in [0.1, 0.15) is 6.04 Å². The van der Waals surface area contributed by atoms with Crippen molar-refractivity contribution in [3.05, 3.63) is 24.3 Å². The number of benzene rings is 1. The quantitative estimate of drug-likeness (QED) is 0.617. The highest BCUT2D eigenvalue weighted by molar-refractivity contribution is 7.89. The number of sulfonamides is 2. The first-order valence-electron chi connectivity index (χ1n) is 8.21. The lowest BCUT2D eigenvalue weighted by Crippen LogP contribution is -2.44. The monoisotopic (exact) mass is 406 g/mol. The number of methoxy groups -OCH3 is 1. The molecule has 1 unspecified atom stereocenters. The third-order valence-electron chi connectivity index (χ3n) is 3.88. The Balaban J connectivity index is 3.16. The minimum atomic E-state index is -4.01. The summed E-state index contributed by atoms with van der Waals surface area (Å²) in [4.78, 5) is 11.6. The standard InChI is InChI=1S/C16H26N2O6S2/c1-6-18(7-2)26(22,23)14-10-8-13(9-11-14)25(20,21)17-15(12(3)4)16(19)24-5/h8-12,15,17H,6-7H2,1-5H3. The van der Waals surface area contributed by atoms with E-state index in [1.54, 1.807) is 27.7 Å². The number of ether oxygens (including phenoxy) is 1. The second-order valence-electron chi connectivity index (χ2n) is 5.93. The van der Waals surface area contributed by atoms with Crippen LogP contribution >= 0.6 is 0 Å². The topological polar surface area (TPSA) is 110 Å². The maximum absolute atomic E-state index is 12.5. The molecule has 0 aliphatic heterocycles. The summed E-state index contributed by atoms with van der Waals surface area (Å²) in [6.07, 6.45) is 0. The van der Waals surface area contributed by atoms with Crippen LogP contribution in [0.1, 0.15) is 27.7 Å². The van der Waals surface area contributed by atoms with Gasteiger partial charge >= 0.3 is 5.97 Å². The average molecular weight is 407 g/mol. The Morgan fingerprint density at radius 3 is 1.88 bits per heavy atom. The number of hydrogen-bond acceptors (Lipinski definition) is 6. The molecule has 0 aromatic heterocycles. The molecule has 0 saturated heterocycles. The number of esters is 1. The predicted molar refractivity (Wildman–Crippen MR) is 97.5 cm³/mol. The second kappa shape index (κ2) is 8.94. The van der Waals surface area contributed by atoms with Crippen molar-refractivity contribution in [2.45, 2.75) is 43.5 Å². The fourth-order valence-corrected chi connectivity index (χ4v) is 5.11. The van der Waals surface area contributed by atoms with Crippen molar-refractivity contribution in [3.63, 3.8) is 0 Å². The molecule has 0 fully saturated rings. The van der Waals surface area contributed by atoms with E-state index in [0.29, 0.717) is 13.1 Å². The molecule has 1 N–H and O–H groups in total. The van der Waals surface area contributed by atoms with Crippen LogP contribution in [-0.4, -0.2) is 53.4 Å². The number of hydrogen-bond donors (Lipinski definition) is 1. The third-order valence-corrected chi connectivity index (χ3v) is 7.40. The summed E-state index contributed by atoms with van der Waals surface area (Å²) >= 11 is 0. The predicted octanol–water partition coefficient (Wildman–Crippen LogP) is 1.19. The van der Waals surface area contributed by atoms with Crippen LogP contribution < -0.4 is 4.72 Å². The van der Waals surface area contributed by atoms with Crippen molar-refractivity contribution in [2.24, 2.45) is 5.92 Å². The highest BCUT2D eigenvalue weighted by Crippen LogP contribution is 2.19. The molecule has 0 bridgehead atoms. The van der Waals surface area contributed by atoms with E-state index in [1.807, 2.05) is 0 Å². The van der Waals surface area contributed by atoms with Gasteiger partial charge in [0, 0.05) is 13.1 Å². The van der Waals surface area contributed by atoms with Gasteiger partial charge in [0.05, 0.1) is 16.9 Å². The molecular formula is C16H26N2O6S2. The van der Waals surface area contributed by atoms with Gasteiger partial charge < -0.3 is 4.74 Å². The fraction of sp³-hybridized carbons (Fsp3) is 0.562. The van der Waals surface area contributed by atoms with Gasteiger partial charge in [-0.3, -0.25) is 4.79 Å². The van der Waals surface area contributed by atoms with Crippen molar-refractivity contribution >= 4 is 26.0 Å². The van der Waals surface area contributed by atoms with E-state index in [4.69, 9.17) is 0 Å². The first-order chi connectivity index (χ1) is 12.0. The SMILES string of the molecule is CCN(CC)S(=O)(=O)c1ccc(S(=O)(=O)NC(C(=O)OC)C(C)C)cc1. The number of carbonyl (C=O) groups excluding carboxylic acids is 1. The summed E-state index contributed by atoms with van der Waals surface area (Å²) in [5, 5.41) is 0. The minimum absolute atomic E-state index is 0.00790. The van der Waals surface area contributed by atoms with Crippen LogP contribution in [0, 0.1) is 5.92 Å². The normalized spacial score (nSPS) is 13.8. The van der Waals surface area contributed by atoms with E-state index >= 15 is 0 Å². The zero-order valence-corrected chi connectivity index (χ0v) is 17.2. The van der Waals surface area contributed by atoms with Gasteiger partial charge in [-0.25, -0.2) is 16.8 Å². The van der Waals surface area contributed by atoms with Crippen LogP contribution in [-0.2, 0) is 29.6 Å². The van der Waals surface area contributed by atoms with Crippen molar-refractivity contribution in [1.82, 2.24) is 9.03 Å². The molecule has 0 aliphatic carbocycles. The van der Waals surface area contributed by atoms with Crippen molar-refractivity contribution in [2.75, 3.05) is 20.2 Å². The highest BCUT2D eigenvalue weighted by atomic mass is 32.2. The van der Waals surface area contributed by atoms with Gasteiger partial charge in [0.15, 0.2) is 0 Å². The van der Waals surface area contributed by atoms with E-state index in [-0.39, 0.29) is 15.7 Å². The maximum atomic E-state index is 12.5. The van der Waals surface area contributed by atoms with Gasteiger partial charge in [-0.1, -0.05) is 27.7 Å². The molecule has 8 nitrogen and oxygen atoms in total. The molecule has 0 aliphatic rings. The van der Waals surface area contributed by atoms with Gasteiger partial charge in [-0.05, 0) is 30.2 Å². The van der Waals surface area contributed by atoms with E-state index in [2.05, 4.69) is 9.46 Å². The van der Waals surface area contributed by atoms with Crippen LogP contribution in [0.3, 0.4) is 0 Å². The zero-order chi connectivity index (χ0) is 20.1. The van der Waals surface area contributed by atoms with Crippen molar-refractivity contribution in [3.8, 4) is 0 Å². The Morgan fingerprint density at radius 1 is 1.04 bits per heavy atom. The van der Waals surface area contributed by atoms with Crippen LogP contribution in [0.2, 0.25) is 0 Å². The molecule has 0 amide bonds. The lowest BCUT2D eigenvalue weighted by molar-refractivity contribution is -0.143. The molecule has 1 aromatic rings. The van der Waals surface area contributed by atoms with Crippen LogP contribution in [0.15, 0.2) is 34.1 Å². The molecule has 26 heavy (non-hydrogen) atoms. The molecule has 1 rings (SSSR count). The maximum Gasteiger partial charge on any atom is 0.324 e. The number of carbonyl (C=O) groups is 1. The summed E-state index contributed by atoms with van der Waals surface area (Å²) in [5.41, 5.74) is 0. The summed E-state index contributed by atoms with van der Waals surface area (Å²) in [5.74, 6) is -1.01. The molecule has 0 spiro atoms. The fourth-order valence-electron chi connectivity index (χ4n) is 2.32. The Labute approximate surface area is 155 Å². The number of rotatable bonds is 9. The van der Waals surface area contributed by atoms with Crippen LogP contribution in [0.5, 0.6) is 0 Å². The Hall–Kier alpha value is -1.49.